The van der Waals surface area contributed by atoms with Gasteiger partial charge in [0.2, 0.25) is 10.0 Å². The fraction of sp³-hybridized carbons (Fsp3) is 0.583. The number of methoxy groups -OCH3 is 2. The van der Waals surface area contributed by atoms with Gasteiger partial charge in [-0.3, -0.25) is 9.69 Å². The maximum absolute atomic E-state index is 16.8. The molecule has 4 aliphatic rings. The van der Waals surface area contributed by atoms with Crippen LogP contribution in [0.3, 0.4) is 0 Å². The number of amides is 1. The number of rotatable bonds is 5. The highest BCUT2D eigenvalue weighted by atomic mass is 35.5. The first kappa shape index (κ1) is 36.1. The predicted molar refractivity (Wildman–Crippen MR) is 187 cm³/mol. The second-order valence-corrected chi connectivity index (χ2v) is 16.7. The number of carbonyl (C=O) groups excluding carboxylic acids is 1. The van der Waals surface area contributed by atoms with E-state index in [9.17, 15) is 18.3 Å². The number of ether oxygens (including phenoxy) is 3. The van der Waals surface area contributed by atoms with Crippen LogP contribution in [0.5, 0.6) is 5.75 Å². The van der Waals surface area contributed by atoms with Crippen molar-refractivity contribution in [3.8, 4) is 5.75 Å². The summed E-state index contributed by atoms with van der Waals surface area (Å²) in [5.74, 6) is -1.33. The van der Waals surface area contributed by atoms with Crippen molar-refractivity contribution in [3.63, 3.8) is 0 Å². The zero-order valence-electron chi connectivity index (χ0n) is 28.6. The van der Waals surface area contributed by atoms with Gasteiger partial charge < -0.3 is 24.2 Å². The first-order valence-corrected chi connectivity index (χ1v) is 18.9. The van der Waals surface area contributed by atoms with E-state index in [1.54, 1.807) is 25.1 Å². The molecule has 10 nitrogen and oxygen atoms in total. The Hall–Kier alpha value is -2.74. The molecule has 1 spiro atoms. The summed E-state index contributed by atoms with van der Waals surface area (Å²) in [7, 11) is -1.21. The number of benzene rings is 2. The van der Waals surface area contributed by atoms with Crippen LogP contribution in [0, 0.1) is 5.92 Å². The third-order valence-corrected chi connectivity index (χ3v) is 13.4. The van der Waals surface area contributed by atoms with Crippen molar-refractivity contribution in [1.82, 2.24) is 9.62 Å². The lowest BCUT2D eigenvalue weighted by atomic mass is 9.70. The van der Waals surface area contributed by atoms with E-state index >= 15 is 4.39 Å². The Morgan fingerprint density at radius 1 is 1.18 bits per heavy atom. The quantitative estimate of drug-likeness (QED) is 0.457. The number of sulfonamides is 1. The Labute approximate surface area is 293 Å². The van der Waals surface area contributed by atoms with E-state index in [1.165, 1.54) is 38.3 Å². The van der Waals surface area contributed by atoms with E-state index in [0.29, 0.717) is 42.7 Å². The number of halogens is 2. The average molecular weight is 720 g/mol. The van der Waals surface area contributed by atoms with Gasteiger partial charge >= 0.3 is 0 Å². The minimum atomic E-state index is -4.14. The smallest absolute Gasteiger partial charge is 0.264 e. The standard InChI is InChI=1S/C36H47ClFN3O7S/c1-23-7-12-32(38)36(22-47-4,33(42)19-46-3)41-15-13-28(41)18-40-20-35(14-5-6-25-16-27(37)9-10-29(25)35)21-48-31-11-8-26(17-30(31)40)34(43)39-49(44,45)24(23)2/h8-12,16-17,23-24,28,33,42H,5-7,13-15,18-22H2,1-4H3,(H,39,43)/b32-12-/t23-,24+,28-,33-,35-,36+/m0/s1. The van der Waals surface area contributed by atoms with Crippen LogP contribution in [0.15, 0.2) is 48.3 Å². The van der Waals surface area contributed by atoms with Crippen molar-refractivity contribution in [2.24, 2.45) is 5.92 Å². The number of carbonyl (C=O) groups is 1. The SMILES string of the molecule is COC[C@H](O)[C@@]1(COC)/C(F)=C/C[C@H](C)[C@@H](C)S(=O)(=O)NC(=O)c2ccc3c(c2)N(C[C@@H]2CCN21)C[C@@]1(CCCc2cc(Cl)ccc21)CO3. The summed E-state index contributed by atoms with van der Waals surface area (Å²) in [6.07, 6.45) is 3.57. The van der Waals surface area contributed by atoms with Gasteiger partial charge in [0.05, 0.1) is 30.8 Å². The molecule has 49 heavy (non-hydrogen) atoms. The third kappa shape index (κ3) is 6.60. The lowest BCUT2D eigenvalue weighted by Crippen LogP contribution is -2.71. The second-order valence-electron chi connectivity index (χ2n) is 14.2. The van der Waals surface area contributed by atoms with Crippen molar-refractivity contribution in [3.05, 3.63) is 70.0 Å². The van der Waals surface area contributed by atoms with Crippen LogP contribution >= 0.6 is 11.6 Å². The molecule has 2 aromatic carbocycles. The van der Waals surface area contributed by atoms with Crippen LogP contribution in [-0.4, -0.2) is 101 Å². The fourth-order valence-electron chi connectivity index (χ4n) is 8.16. The molecule has 0 radical (unpaired) electrons. The number of allylic oxidation sites excluding steroid dienone is 1. The van der Waals surface area contributed by atoms with Crippen molar-refractivity contribution in [2.75, 3.05) is 58.6 Å². The van der Waals surface area contributed by atoms with Gasteiger partial charge in [-0.1, -0.05) is 30.7 Å². The first-order valence-electron chi connectivity index (χ1n) is 17.0. The first-order chi connectivity index (χ1) is 23.3. The molecule has 2 N–H and O–H groups in total. The molecule has 13 heteroatoms. The molecule has 3 aliphatic heterocycles. The van der Waals surface area contributed by atoms with Gasteiger partial charge in [-0.25, -0.2) is 17.5 Å². The number of nitrogens with one attached hydrogen (secondary N) is 1. The number of aliphatic hydroxyl groups excluding tert-OH is 1. The topological polar surface area (TPSA) is 118 Å². The number of aryl methyl sites for hydroxylation is 1. The van der Waals surface area contributed by atoms with Crippen molar-refractivity contribution in [2.45, 2.75) is 74.3 Å². The zero-order chi connectivity index (χ0) is 35.1. The van der Waals surface area contributed by atoms with Crippen LogP contribution in [0.2, 0.25) is 5.02 Å². The second kappa shape index (κ2) is 14.1. The van der Waals surface area contributed by atoms with Crippen LogP contribution < -0.4 is 14.4 Å². The van der Waals surface area contributed by atoms with Gasteiger partial charge in [-0.2, -0.15) is 0 Å². The minimum Gasteiger partial charge on any atom is -0.490 e. The van der Waals surface area contributed by atoms with E-state index in [2.05, 4.69) is 15.7 Å². The van der Waals surface area contributed by atoms with E-state index in [0.717, 1.165) is 25.7 Å². The Bertz CT molecular complexity index is 1710. The van der Waals surface area contributed by atoms with Crippen LogP contribution in [0.25, 0.3) is 0 Å². The highest BCUT2D eigenvalue weighted by molar-refractivity contribution is 7.90. The van der Waals surface area contributed by atoms with Gasteiger partial charge in [-0.15, -0.1) is 0 Å². The Kier molecular flexibility index (Phi) is 10.4. The maximum atomic E-state index is 16.8. The van der Waals surface area contributed by atoms with Crippen molar-refractivity contribution >= 4 is 33.2 Å². The Balaban J connectivity index is 1.50. The van der Waals surface area contributed by atoms with Gasteiger partial charge in [0.1, 0.15) is 23.2 Å². The maximum Gasteiger partial charge on any atom is 0.264 e. The highest BCUT2D eigenvalue weighted by Gasteiger charge is 2.54. The van der Waals surface area contributed by atoms with Crippen molar-refractivity contribution < 1.29 is 36.9 Å². The van der Waals surface area contributed by atoms with E-state index in [4.69, 9.17) is 25.8 Å². The summed E-state index contributed by atoms with van der Waals surface area (Å²) in [6.45, 7) is 4.79. The van der Waals surface area contributed by atoms with E-state index < -0.39 is 50.0 Å². The van der Waals surface area contributed by atoms with Gasteiger partial charge in [0.25, 0.3) is 5.91 Å². The molecule has 2 bridgehead atoms. The molecule has 6 atom stereocenters. The van der Waals surface area contributed by atoms with Gasteiger partial charge in [0.15, 0.2) is 0 Å². The normalized spacial score (nSPS) is 32.0. The number of aliphatic hydroxyl groups is 1. The van der Waals surface area contributed by atoms with Crippen LogP contribution in [0.4, 0.5) is 10.1 Å². The average Bonchev–Trinajstić information content (AvgIpc) is 3.20. The predicted octanol–water partition coefficient (Wildman–Crippen LogP) is 4.62. The fourth-order valence-corrected chi connectivity index (χ4v) is 9.64. The van der Waals surface area contributed by atoms with Gasteiger partial charge in [-0.05, 0) is 86.4 Å². The summed E-state index contributed by atoms with van der Waals surface area (Å²) < 4.78 is 63.5. The molecule has 1 aliphatic carbocycles. The summed E-state index contributed by atoms with van der Waals surface area (Å²) in [5, 5.41) is 11.3. The van der Waals surface area contributed by atoms with Crippen LogP contribution in [-0.2, 0) is 31.3 Å². The molecule has 0 unspecified atom stereocenters. The number of hydrogen-bond acceptors (Lipinski definition) is 9. The molecule has 0 saturated carbocycles. The zero-order valence-corrected chi connectivity index (χ0v) is 30.2. The highest BCUT2D eigenvalue weighted by Crippen LogP contribution is 2.46. The molecule has 0 aromatic heterocycles. The monoisotopic (exact) mass is 719 g/mol. The molecule has 268 valence electrons. The molecule has 6 rings (SSSR count). The number of anilines is 1. The summed E-state index contributed by atoms with van der Waals surface area (Å²) in [6, 6.07) is 10.8. The molecule has 2 aromatic rings. The van der Waals surface area contributed by atoms with Crippen LogP contribution in [0.1, 0.15) is 61.0 Å². The number of fused-ring (bicyclic) bond motifs is 4. The Morgan fingerprint density at radius 2 is 1.98 bits per heavy atom. The Morgan fingerprint density at radius 3 is 2.69 bits per heavy atom. The largest absolute Gasteiger partial charge is 0.490 e. The lowest BCUT2D eigenvalue weighted by molar-refractivity contribution is -0.128. The molecular formula is C36H47ClFN3O7S. The molecule has 1 saturated heterocycles. The molecule has 3 heterocycles. The van der Waals surface area contributed by atoms with E-state index in [1.807, 2.05) is 17.0 Å². The number of nitrogens with zero attached hydrogens (tertiary/aromatic N) is 2. The molecular weight excluding hydrogens is 673 g/mol. The third-order valence-electron chi connectivity index (χ3n) is 11.2. The minimum absolute atomic E-state index is 0.0556. The summed E-state index contributed by atoms with van der Waals surface area (Å²) in [4.78, 5) is 17.7. The number of hydrogen-bond donors (Lipinski definition) is 2. The summed E-state index contributed by atoms with van der Waals surface area (Å²) >= 11 is 6.42. The van der Waals surface area contributed by atoms with E-state index in [-0.39, 0.29) is 31.2 Å². The van der Waals surface area contributed by atoms with Gasteiger partial charge in [0, 0.05) is 55.9 Å². The van der Waals surface area contributed by atoms with Crippen molar-refractivity contribution in [1.29, 1.82) is 0 Å². The molecule has 1 fully saturated rings. The molecule has 1 amide bonds. The summed E-state index contributed by atoms with van der Waals surface area (Å²) in [5.41, 5.74) is 1.20. The lowest BCUT2D eigenvalue weighted by Gasteiger charge is -2.55.